The minimum Gasteiger partial charge on any atom is -0.325 e. The monoisotopic (exact) mass is 153 g/mol. The molecule has 2 aliphatic carbocycles. The summed E-state index contributed by atoms with van der Waals surface area (Å²) in [5.74, 6) is 1.86. The summed E-state index contributed by atoms with van der Waals surface area (Å²) >= 11 is 0. The van der Waals surface area contributed by atoms with Crippen molar-refractivity contribution < 1.29 is 0 Å². The Hall–Kier alpha value is -0.0400. The smallest absolute Gasteiger partial charge is 0.0189 e. The molecule has 2 unspecified atom stereocenters. The van der Waals surface area contributed by atoms with E-state index in [2.05, 4.69) is 6.92 Å². The summed E-state index contributed by atoms with van der Waals surface area (Å²) in [5.41, 5.74) is 6.50. The highest BCUT2D eigenvalue weighted by molar-refractivity contribution is 5.08. The van der Waals surface area contributed by atoms with Crippen LogP contribution in [0.4, 0.5) is 0 Å². The van der Waals surface area contributed by atoms with Crippen LogP contribution < -0.4 is 5.73 Å². The van der Waals surface area contributed by atoms with Gasteiger partial charge in [-0.2, -0.15) is 0 Å². The Bertz CT molecular complexity index is 151. The average Bonchev–Trinajstić information content (AvgIpc) is 2.55. The van der Waals surface area contributed by atoms with Gasteiger partial charge in [0.15, 0.2) is 0 Å². The fourth-order valence-electron chi connectivity index (χ4n) is 2.44. The number of nitrogens with two attached hydrogens (primary N) is 1. The van der Waals surface area contributed by atoms with Gasteiger partial charge >= 0.3 is 0 Å². The van der Waals surface area contributed by atoms with Gasteiger partial charge in [-0.3, -0.25) is 0 Å². The Morgan fingerprint density at radius 1 is 1.45 bits per heavy atom. The van der Waals surface area contributed by atoms with Crippen LogP contribution in [0.25, 0.3) is 0 Å². The van der Waals surface area contributed by atoms with E-state index in [1.54, 1.807) is 0 Å². The van der Waals surface area contributed by atoms with Gasteiger partial charge in [0.25, 0.3) is 0 Å². The molecule has 2 rings (SSSR count). The molecule has 0 saturated heterocycles. The highest BCUT2D eigenvalue weighted by Crippen LogP contribution is 2.50. The molecular formula is C10H19N. The maximum atomic E-state index is 6.21. The molecule has 2 atom stereocenters. The van der Waals surface area contributed by atoms with E-state index in [1.165, 1.54) is 38.5 Å². The zero-order valence-electron chi connectivity index (χ0n) is 7.47. The van der Waals surface area contributed by atoms with Crippen LogP contribution in [0, 0.1) is 11.8 Å². The van der Waals surface area contributed by atoms with Crippen molar-refractivity contribution in [3.05, 3.63) is 0 Å². The van der Waals surface area contributed by atoms with E-state index in [0.717, 1.165) is 11.8 Å². The van der Waals surface area contributed by atoms with Crippen LogP contribution in [-0.4, -0.2) is 5.54 Å². The van der Waals surface area contributed by atoms with E-state index >= 15 is 0 Å². The molecule has 2 saturated carbocycles. The molecule has 2 N–H and O–H groups in total. The van der Waals surface area contributed by atoms with Gasteiger partial charge in [-0.25, -0.2) is 0 Å². The highest BCUT2D eigenvalue weighted by atomic mass is 14.9. The van der Waals surface area contributed by atoms with Crippen LogP contribution in [0.1, 0.15) is 45.4 Å². The molecule has 2 fully saturated rings. The summed E-state index contributed by atoms with van der Waals surface area (Å²) in [6, 6.07) is 0. The Labute approximate surface area is 69.4 Å². The molecule has 0 bridgehead atoms. The third kappa shape index (κ3) is 1.31. The van der Waals surface area contributed by atoms with E-state index in [9.17, 15) is 0 Å². The Morgan fingerprint density at radius 3 is 2.55 bits per heavy atom. The molecule has 0 amide bonds. The van der Waals surface area contributed by atoms with Crippen molar-refractivity contribution in [2.75, 3.05) is 0 Å². The predicted octanol–water partition coefficient (Wildman–Crippen LogP) is 2.30. The molecule has 0 aromatic rings. The molecule has 0 spiro atoms. The topological polar surface area (TPSA) is 26.0 Å². The number of hydrogen-bond donors (Lipinski definition) is 1. The molecule has 11 heavy (non-hydrogen) atoms. The fraction of sp³-hybridized carbons (Fsp3) is 1.00. The predicted molar refractivity (Wildman–Crippen MR) is 47.3 cm³/mol. The van der Waals surface area contributed by atoms with E-state index in [0.29, 0.717) is 5.54 Å². The zero-order chi connectivity index (χ0) is 7.90. The average molecular weight is 153 g/mol. The molecule has 1 heteroatoms. The molecule has 0 aliphatic heterocycles. The van der Waals surface area contributed by atoms with Gasteiger partial charge in [0.2, 0.25) is 0 Å². The maximum Gasteiger partial charge on any atom is 0.0189 e. The second-order valence-electron chi connectivity index (χ2n) is 4.54. The minimum atomic E-state index is 0.292. The van der Waals surface area contributed by atoms with Gasteiger partial charge in [0.1, 0.15) is 0 Å². The van der Waals surface area contributed by atoms with E-state index in [4.69, 9.17) is 5.73 Å². The van der Waals surface area contributed by atoms with Crippen molar-refractivity contribution in [3.8, 4) is 0 Å². The summed E-state index contributed by atoms with van der Waals surface area (Å²) in [6.45, 7) is 2.26. The van der Waals surface area contributed by atoms with Gasteiger partial charge in [-0.05, 0) is 24.7 Å². The second-order valence-corrected chi connectivity index (χ2v) is 4.54. The Morgan fingerprint density at radius 2 is 2.18 bits per heavy atom. The molecule has 0 aromatic carbocycles. The highest BCUT2D eigenvalue weighted by Gasteiger charge is 2.50. The molecule has 0 aromatic heterocycles. The Kier molecular flexibility index (Phi) is 1.71. The third-order valence-electron chi connectivity index (χ3n) is 3.67. The van der Waals surface area contributed by atoms with Crippen LogP contribution in [0.5, 0.6) is 0 Å². The lowest BCUT2D eigenvalue weighted by molar-refractivity contribution is 0.262. The van der Waals surface area contributed by atoms with Crippen LogP contribution in [-0.2, 0) is 0 Å². The first-order chi connectivity index (χ1) is 5.24. The normalized spacial score (nSPS) is 43.6. The van der Waals surface area contributed by atoms with Crippen molar-refractivity contribution in [1.82, 2.24) is 0 Å². The van der Waals surface area contributed by atoms with Crippen molar-refractivity contribution in [2.45, 2.75) is 51.0 Å². The summed E-state index contributed by atoms with van der Waals surface area (Å²) in [6.07, 6.45) is 8.29. The first kappa shape index (κ1) is 7.60. The standard InChI is InChI=1S/C10H19N/c1-2-9-7-10(9,11)6-8-4-3-5-8/h8-9H,2-7,11H2,1H3. The molecule has 64 valence electrons. The van der Waals surface area contributed by atoms with Crippen molar-refractivity contribution in [1.29, 1.82) is 0 Å². The maximum absolute atomic E-state index is 6.21. The van der Waals surface area contributed by atoms with Crippen LogP contribution in [0.15, 0.2) is 0 Å². The first-order valence-electron chi connectivity index (χ1n) is 5.03. The minimum absolute atomic E-state index is 0.292. The van der Waals surface area contributed by atoms with Crippen LogP contribution in [0.3, 0.4) is 0 Å². The lowest BCUT2D eigenvalue weighted by atomic mass is 9.79. The van der Waals surface area contributed by atoms with E-state index in [1.807, 2.05) is 0 Å². The molecule has 2 aliphatic rings. The summed E-state index contributed by atoms with van der Waals surface area (Å²) < 4.78 is 0. The second kappa shape index (κ2) is 2.48. The summed E-state index contributed by atoms with van der Waals surface area (Å²) in [7, 11) is 0. The molecule has 0 heterocycles. The van der Waals surface area contributed by atoms with E-state index < -0.39 is 0 Å². The fourth-order valence-corrected chi connectivity index (χ4v) is 2.44. The van der Waals surface area contributed by atoms with Gasteiger partial charge in [-0.1, -0.05) is 32.6 Å². The summed E-state index contributed by atoms with van der Waals surface area (Å²) in [4.78, 5) is 0. The van der Waals surface area contributed by atoms with Gasteiger partial charge < -0.3 is 5.73 Å². The van der Waals surface area contributed by atoms with Gasteiger partial charge in [-0.15, -0.1) is 0 Å². The van der Waals surface area contributed by atoms with Crippen LogP contribution in [0.2, 0.25) is 0 Å². The Balaban J connectivity index is 1.77. The van der Waals surface area contributed by atoms with Crippen molar-refractivity contribution in [3.63, 3.8) is 0 Å². The van der Waals surface area contributed by atoms with Gasteiger partial charge in [0, 0.05) is 5.54 Å². The molecule has 0 radical (unpaired) electrons. The lowest BCUT2D eigenvalue weighted by Crippen LogP contribution is -2.30. The number of rotatable bonds is 3. The van der Waals surface area contributed by atoms with Crippen molar-refractivity contribution in [2.24, 2.45) is 17.6 Å². The largest absolute Gasteiger partial charge is 0.325 e. The molecule has 1 nitrogen and oxygen atoms in total. The van der Waals surface area contributed by atoms with Crippen LogP contribution >= 0.6 is 0 Å². The zero-order valence-corrected chi connectivity index (χ0v) is 7.47. The SMILES string of the molecule is CCC1CC1(N)CC1CCC1. The number of hydrogen-bond acceptors (Lipinski definition) is 1. The van der Waals surface area contributed by atoms with E-state index in [-0.39, 0.29) is 0 Å². The summed E-state index contributed by atoms with van der Waals surface area (Å²) in [5, 5.41) is 0. The lowest BCUT2D eigenvalue weighted by Gasteiger charge is -2.28. The van der Waals surface area contributed by atoms with Crippen molar-refractivity contribution >= 4 is 0 Å². The van der Waals surface area contributed by atoms with Gasteiger partial charge in [0.05, 0.1) is 0 Å². The third-order valence-corrected chi connectivity index (χ3v) is 3.67. The molecular weight excluding hydrogens is 134 g/mol. The quantitative estimate of drug-likeness (QED) is 0.661. The first-order valence-corrected chi connectivity index (χ1v) is 5.03.